The number of carboxylic acid groups (broad SMARTS) is 1. The number of carbonyl (C=O) groups is 2. The second-order valence-electron chi connectivity index (χ2n) is 3.62. The lowest BCUT2D eigenvalue weighted by Crippen LogP contribution is -2.46. The zero-order valence-electron chi connectivity index (χ0n) is 9.05. The minimum Gasteiger partial charge on any atom is -0.480 e. The highest BCUT2D eigenvalue weighted by Crippen LogP contribution is 2.17. The van der Waals surface area contributed by atoms with Crippen molar-refractivity contribution in [1.82, 2.24) is 10.2 Å². The molecule has 0 saturated carbocycles. The van der Waals surface area contributed by atoms with E-state index in [0.29, 0.717) is 13.2 Å². The Labute approximate surface area is 93.0 Å². The smallest absolute Gasteiger partial charge is 0.326 e. The van der Waals surface area contributed by atoms with Gasteiger partial charge in [0.25, 0.3) is 0 Å². The van der Waals surface area contributed by atoms with Gasteiger partial charge >= 0.3 is 12.0 Å². The summed E-state index contributed by atoms with van der Waals surface area (Å²) < 4.78 is 4.75. The molecule has 3 N–H and O–H groups in total. The van der Waals surface area contributed by atoms with Crippen LogP contribution in [0.3, 0.4) is 0 Å². The molecule has 2 atom stereocenters. The molecule has 0 aromatic rings. The molecule has 1 fully saturated rings. The van der Waals surface area contributed by atoms with Gasteiger partial charge in [-0.25, -0.2) is 9.59 Å². The highest BCUT2D eigenvalue weighted by molar-refractivity contribution is 5.83. The number of hydrogen-bond acceptors (Lipinski definition) is 4. The van der Waals surface area contributed by atoms with Gasteiger partial charge in [-0.2, -0.15) is 0 Å². The lowest BCUT2D eigenvalue weighted by atomic mass is 10.2. The average Bonchev–Trinajstić information content (AvgIpc) is 2.61. The molecule has 1 saturated heterocycles. The number of aliphatic hydroxyl groups is 1. The number of aliphatic carboxylic acids is 1. The van der Waals surface area contributed by atoms with Crippen molar-refractivity contribution in [2.45, 2.75) is 18.6 Å². The molecule has 92 valence electrons. The number of ether oxygens (including phenoxy) is 1. The Balaban J connectivity index is 2.50. The van der Waals surface area contributed by atoms with Crippen molar-refractivity contribution in [3.8, 4) is 0 Å². The van der Waals surface area contributed by atoms with Gasteiger partial charge < -0.3 is 25.2 Å². The quantitative estimate of drug-likeness (QED) is 0.532. The summed E-state index contributed by atoms with van der Waals surface area (Å²) in [4.78, 5) is 23.5. The topological polar surface area (TPSA) is 99.1 Å². The molecule has 0 radical (unpaired) electrons. The van der Waals surface area contributed by atoms with Gasteiger partial charge in [-0.1, -0.05) is 0 Å². The molecular weight excluding hydrogens is 216 g/mol. The molecule has 0 unspecified atom stereocenters. The number of β-amino-alcohol motifs (C(OH)–C–C–N with tert-alkyl or cyclic N) is 1. The maximum absolute atomic E-state index is 11.6. The maximum atomic E-state index is 11.6. The molecule has 1 heterocycles. The minimum atomic E-state index is -1.10. The number of nitrogens with one attached hydrogen (secondary N) is 1. The second-order valence-corrected chi connectivity index (χ2v) is 3.62. The number of amides is 2. The molecule has 0 bridgehead atoms. The summed E-state index contributed by atoms with van der Waals surface area (Å²) in [5.41, 5.74) is 0. The van der Waals surface area contributed by atoms with E-state index in [1.165, 1.54) is 7.11 Å². The first-order chi connectivity index (χ1) is 7.56. The number of carbonyl (C=O) groups excluding carboxylic acids is 1. The van der Waals surface area contributed by atoms with Crippen molar-refractivity contribution < 1.29 is 24.5 Å². The fraction of sp³-hybridized carbons (Fsp3) is 0.778. The molecule has 7 nitrogen and oxygen atoms in total. The Hall–Kier alpha value is -1.34. The Morgan fingerprint density at radius 2 is 2.25 bits per heavy atom. The third kappa shape index (κ3) is 3.07. The Kier molecular flexibility index (Phi) is 4.51. The van der Waals surface area contributed by atoms with E-state index in [0.717, 1.165) is 4.90 Å². The Morgan fingerprint density at radius 3 is 2.81 bits per heavy atom. The first kappa shape index (κ1) is 12.7. The summed E-state index contributed by atoms with van der Waals surface area (Å²) >= 11 is 0. The monoisotopic (exact) mass is 232 g/mol. The van der Waals surface area contributed by atoms with Crippen LogP contribution in [0.15, 0.2) is 0 Å². The summed E-state index contributed by atoms with van der Waals surface area (Å²) in [7, 11) is 1.51. The third-order valence-electron chi connectivity index (χ3n) is 2.41. The number of rotatable bonds is 4. The predicted octanol–water partition coefficient (Wildman–Crippen LogP) is -1.14. The third-order valence-corrected chi connectivity index (χ3v) is 2.41. The van der Waals surface area contributed by atoms with Crippen LogP contribution in [0.4, 0.5) is 4.79 Å². The minimum absolute atomic E-state index is 0.0514. The largest absolute Gasteiger partial charge is 0.480 e. The van der Waals surface area contributed by atoms with Gasteiger partial charge in [0.2, 0.25) is 0 Å². The van der Waals surface area contributed by atoms with Crippen molar-refractivity contribution in [2.75, 3.05) is 26.8 Å². The normalized spacial score (nSPS) is 24.5. The fourth-order valence-electron chi connectivity index (χ4n) is 1.63. The van der Waals surface area contributed by atoms with Crippen molar-refractivity contribution in [1.29, 1.82) is 0 Å². The highest BCUT2D eigenvalue weighted by Gasteiger charge is 2.38. The Morgan fingerprint density at radius 1 is 1.56 bits per heavy atom. The molecule has 0 aliphatic carbocycles. The summed E-state index contributed by atoms with van der Waals surface area (Å²) in [5, 5.41) is 20.7. The molecule has 2 amide bonds. The van der Waals surface area contributed by atoms with Crippen LogP contribution in [0.1, 0.15) is 6.42 Å². The fourth-order valence-corrected chi connectivity index (χ4v) is 1.63. The lowest BCUT2D eigenvalue weighted by Gasteiger charge is -2.21. The number of urea groups is 1. The van der Waals surface area contributed by atoms with Crippen molar-refractivity contribution in [3.63, 3.8) is 0 Å². The van der Waals surface area contributed by atoms with Gasteiger partial charge in [0.15, 0.2) is 0 Å². The first-order valence-corrected chi connectivity index (χ1v) is 5.00. The van der Waals surface area contributed by atoms with E-state index >= 15 is 0 Å². The standard InChI is InChI=1S/C9H16N2O5/c1-16-3-2-10-9(15)11-5-6(12)4-7(11)8(13)14/h6-7,12H,2-5H2,1H3,(H,10,15)(H,13,14)/t6-,7+/m1/s1. The number of carboxylic acids is 1. The van der Waals surface area contributed by atoms with Crippen LogP contribution in [0, 0.1) is 0 Å². The number of likely N-dealkylation sites (tertiary alicyclic amines) is 1. The van der Waals surface area contributed by atoms with Crippen LogP contribution in [-0.4, -0.2) is 66.1 Å². The summed E-state index contributed by atoms with van der Waals surface area (Å²) in [6.45, 7) is 0.726. The molecule has 0 aromatic carbocycles. The second kappa shape index (κ2) is 5.66. The van der Waals surface area contributed by atoms with Crippen molar-refractivity contribution >= 4 is 12.0 Å². The number of methoxy groups -OCH3 is 1. The van der Waals surface area contributed by atoms with E-state index in [1.54, 1.807) is 0 Å². The van der Waals surface area contributed by atoms with Crippen molar-refractivity contribution in [3.05, 3.63) is 0 Å². The predicted molar refractivity (Wildman–Crippen MR) is 54.0 cm³/mol. The van der Waals surface area contributed by atoms with Crippen molar-refractivity contribution in [2.24, 2.45) is 0 Å². The van der Waals surface area contributed by atoms with Crippen LogP contribution >= 0.6 is 0 Å². The summed E-state index contributed by atoms with van der Waals surface area (Å²) in [5.74, 6) is -1.10. The van der Waals surface area contributed by atoms with Gasteiger partial charge in [-0.3, -0.25) is 0 Å². The van der Waals surface area contributed by atoms with Crippen LogP contribution < -0.4 is 5.32 Å². The van der Waals surface area contributed by atoms with E-state index in [4.69, 9.17) is 9.84 Å². The molecule has 0 spiro atoms. The van der Waals surface area contributed by atoms with Crippen LogP contribution in [0.5, 0.6) is 0 Å². The molecule has 1 aliphatic heterocycles. The SMILES string of the molecule is COCCNC(=O)N1C[C@H](O)C[C@H]1C(=O)O. The average molecular weight is 232 g/mol. The molecular formula is C9H16N2O5. The van der Waals surface area contributed by atoms with Gasteiger partial charge in [-0.05, 0) is 0 Å². The highest BCUT2D eigenvalue weighted by atomic mass is 16.5. The molecule has 0 aromatic heterocycles. The van der Waals surface area contributed by atoms with Gasteiger partial charge in [0.05, 0.1) is 12.7 Å². The Bertz CT molecular complexity index is 271. The van der Waals surface area contributed by atoms with Crippen LogP contribution in [-0.2, 0) is 9.53 Å². The van der Waals surface area contributed by atoms with E-state index in [9.17, 15) is 14.7 Å². The molecule has 1 aliphatic rings. The van der Waals surface area contributed by atoms with Gasteiger partial charge in [-0.15, -0.1) is 0 Å². The molecule has 16 heavy (non-hydrogen) atoms. The van der Waals surface area contributed by atoms with Crippen LogP contribution in [0.2, 0.25) is 0 Å². The van der Waals surface area contributed by atoms with Crippen LogP contribution in [0.25, 0.3) is 0 Å². The van der Waals surface area contributed by atoms with E-state index in [1.807, 2.05) is 0 Å². The molecule has 7 heteroatoms. The first-order valence-electron chi connectivity index (χ1n) is 5.00. The maximum Gasteiger partial charge on any atom is 0.326 e. The van der Waals surface area contributed by atoms with Gasteiger partial charge in [0.1, 0.15) is 6.04 Å². The lowest BCUT2D eigenvalue weighted by molar-refractivity contribution is -0.141. The van der Waals surface area contributed by atoms with E-state index < -0.39 is 24.1 Å². The van der Waals surface area contributed by atoms with E-state index in [-0.39, 0.29) is 13.0 Å². The summed E-state index contributed by atoms with van der Waals surface area (Å²) in [6.07, 6.45) is -0.693. The molecule has 1 rings (SSSR count). The van der Waals surface area contributed by atoms with E-state index in [2.05, 4.69) is 5.32 Å². The zero-order valence-corrected chi connectivity index (χ0v) is 9.05. The number of nitrogens with zero attached hydrogens (tertiary/aromatic N) is 1. The number of aliphatic hydroxyl groups excluding tert-OH is 1. The zero-order chi connectivity index (χ0) is 12.1. The summed E-state index contributed by atoms with van der Waals surface area (Å²) in [6, 6.07) is -1.43. The van der Waals surface area contributed by atoms with Gasteiger partial charge in [0, 0.05) is 26.6 Å². The number of hydrogen-bond donors (Lipinski definition) is 3.